The molecule has 2 aliphatic heterocycles. The van der Waals surface area contributed by atoms with Crippen molar-refractivity contribution in [1.29, 1.82) is 0 Å². The van der Waals surface area contributed by atoms with Crippen molar-refractivity contribution in [3.8, 4) is 5.75 Å². The molecule has 4 N–H and O–H groups in total. The van der Waals surface area contributed by atoms with Gasteiger partial charge in [-0.05, 0) is 87.6 Å². The molecule has 4 fully saturated rings. The van der Waals surface area contributed by atoms with Gasteiger partial charge >= 0.3 is 0 Å². The molecule has 2 saturated heterocycles. The van der Waals surface area contributed by atoms with Gasteiger partial charge in [-0.25, -0.2) is 9.82 Å². The number of ether oxygens (including phenoxy) is 1. The molecule has 1 aromatic heterocycles. The fourth-order valence-corrected chi connectivity index (χ4v) is 6.95. The van der Waals surface area contributed by atoms with E-state index in [1.54, 1.807) is 12.1 Å². The van der Waals surface area contributed by atoms with Crippen LogP contribution in [0.25, 0.3) is 0 Å². The van der Waals surface area contributed by atoms with Crippen LogP contribution in [0.4, 0.5) is 4.39 Å². The van der Waals surface area contributed by atoms with Crippen LogP contribution in [0.15, 0.2) is 36.5 Å². The van der Waals surface area contributed by atoms with Gasteiger partial charge in [0.2, 0.25) is 11.8 Å². The number of carbonyl (C=O) groups is 2. The molecule has 0 bridgehead atoms. The first kappa shape index (κ1) is 28.1. The Morgan fingerprint density at radius 1 is 1.05 bits per heavy atom. The quantitative estimate of drug-likeness (QED) is 0.391. The second-order valence-corrected chi connectivity index (χ2v) is 12.2. The number of piperidine rings is 1. The summed E-state index contributed by atoms with van der Waals surface area (Å²) in [5, 5.41) is 6.44. The van der Waals surface area contributed by atoms with Gasteiger partial charge in [0, 0.05) is 54.6 Å². The minimum Gasteiger partial charge on any atom is -0.496 e. The van der Waals surface area contributed by atoms with Crippen LogP contribution in [-0.2, 0) is 16.1 Å². The molecule has 2 saturated carbocycles. The molecule has 2 aromatic rings. The largest absolute Gasteiger partial charge is 0.496 e. The average Bonchev–Trinajstić information content (AvgIpc) is 3.68. The molecular weight excluding hydrogens is 523 g/mol. The minimum atomic E-state index is -0.372. The van der Waals surface area contributed by atoms with Gasteiger partial charge in [0.25, 0.3) is 0 Å². The highest BCUT2D eigenvalue weighted by atomic mass is 19.1. The van der Waals surface area contributed by atoms with E-state index in [1.165, 1.54) is 18.7 Å². The molecule has 4 aliphatic rings. The molecule has 1 aromatic carbocycles. The molecule has 0 spiro atoms. The summed E-state index contributed by atoms with van der Waals surface area (Å²) in [5.41, 5.74) is 9.53. The Morgan fingerprint density at radius 2 is 1.85 bits per heavy atom. The summed E-state index contributed by atoms with van der Waals surface area (Å²) in [7, 11) is 1.53. The zero-order valence-electron chi connectivity index (χ0n) is 23.9. The van der Waals surface area contributed by atoms with E-state index in [1.807, 2.05) is 18.0 Å². The highest BCUT2D eigenvalue weighted by molar-refractivity contribution is 5.82. The van der Waals surface area contributed by atoms with Crippen LogP contribution in [0.5, 0.6) is 5.75 Å². The van der Waals surface area contributed by atoms with Crippen molar-refractivity contribution >= 4 is 11.8 Å². The number of amides is 2. The van der Waals surface area contributed by atoms with Gasteiger partial charge in [-0.15, -0.1) is 0 Å². The number of hydrogen-bond donors (Lipinski definition) is 4. The van der Waals surface area contributed by atoms with E-state index in [9.17, 15) is 14.0 Å². The number of nitrogens with one attached hydrogen (secondary N) is 4. The van der Waals surface area contributed by atoms with Crippen LogP contribution in [-0.4, -0.2) is 59.5 Å². The van der Waals surface area contributed by atoms with Crippen LogP contribution >= 0.6 is 0 Å². The summed E-state index contributed by atoms with van der Waals surface area (Å²) in [5.74, 6) is 0.421. The summed E-state index contributed by atoms with van der Waals surface area (Å²) in [6, 6.07) is 9.20. The predicted molar refractivity (Wildman–Crippen MR) is 152 cm³/mol. The van der Waals surface area contributed by atoms with E-state index in [0.29, 0.717) is 42.7 Å². The van der Waals surface area contributed by atoms with Crippen molar-refractivity contribution < 1.29 is 18.7 Å². The Kier molecular flexibility index (Phi) is 8.23. The zero-order chi connectivity index (χ0) is 28.5. The lowest BCUT2D eigenvalue weighted by atomic mass is 9.74. The highest BCUT2D eigenvalue weighted by Gasteiger charge is 2.43. The second-order valence-electron chi connectivity index (χ2n) is 12.2. The van der Waals surface area contributed by atoms with Crippen LogP contribution < -0.4 is 26.2 Å². The number of hydrazine groups is 1. The predicted octanol–water partition coefficient (Wildman–Crippen LogP) is 2.90. The van der Waals surface area contributed by atoms with Crippen LogP contribution in [0.3, 0.4) is 0 Å². The van der Waals surface area contributed by atoms with Crippen molar-refractivity contribution in [2.45, 2.75) is 88.6 Å². The third kappa shape index (κ3) is 6.24. The number of aryl methyl sites for hydroxylation is 1. The lowest BCUT2D eigenvalue weighted by Crippen LogP contribution is -2.57. The van der Waals surface area contributed by atoms with E-state index < -0.39 is 0 Å². The van der Waals surface area contributed by atoms with Gasteiger partial charge in [-0.3, -0.25) is 24.9 Å². The first-order valence-corrected chi connectivity index (χ1v) is 15.0. The molecule has 6 rings (SSSR count). The van der Waals surface area contributed by atoms with Gasteiger partial charge in [0.05, 0.1) is 19.2 Å². The van der Waals surface area contributed by atoms with Crippen LogP contribution in [0.2, 0.25) is 0 Å². The zero-order valence-corrected chi connectivity index (χ0v) is 23.9. The van der Waals surface area contributed by atoms with E-state index in [0.717, 1.165) is 37.8 Å². The SMILES string of the molecule is COc1cccc(F)c1CN1C[C@H](NC(=O)C2CCC3NNC(c4ccnc(C)c4)C3C2)CC[C@H]1C(=O)NC1CC1. The van der Waals surface area contributed by atoms with Crippen molar-refractivity contribution in [1.82, 2.24) is 31.4 Å². The van der Waals surface area contributed by atoms with Gasteiger partial charge < -0.3 is 15.4 Å². The van der Waals surface area contributed by atoms with Crippen LogP contribution in [0.1, 0.15) is 67.8 Å². The number of pyridine rings is 1. The molecule has 3 heterocycles. The molecule has 2 aliphatic carbocycles. The van der Waals surface area contributed by atoms with Gasteiger partial charge in [0.15, 0.2) is 0 Å². The Morgan fingerprint density at radius 3 is 2.63 bits per heavy atom. The number of carbonyl (C=O) groups excluding carboxylic acids is 2. The first-order chi connectivity index (χ1) is 19.9. The summed E-state index contributed by atoms with van der Waals surface area (Å²) in [6.45, 7) is 2.71. The fourth-order valence-electron chi connectivity index (χ4n) is 6.95. The Balaban J connectivity index is 1.13. The lowest BCUT2D eigenvalue weighted by Gasteiger charge is -2.40. The van der Waals surface area contributed by atoms with Gasteiger partial charge in [-0.1, -0.05) is 6.07 Å². The van der Waals surface area contributed by atoms with Gasteiger partial charge in [-0.2, -0.15) is 0 Å². The van der Waals surface area contributed by atoms with Crippen molar-refractivity contribution in [2.75, 3.05) is 13.7 Å². The molecule has 2 amide bonds. The Hall–Kier alpha value is -3.08. The van der Waals surface area contributed by atoms with E-state index >= 15 is 0 Å². The number of likely N-dealkylation sites (tertiary alicyclic amines) is 1. The number of rotatable bonds is 8. The first-order valence-electron chi connectivity index (χ1n) is 15.0. The highest BCUT2D eigenvalue weighted by Crippen LogP contribution is 2.40. The number of methoxy groups -OCH3 is 1. The second kappa shape index (κ2) is 12.0. The number of hydrogen-bond acceptors (Lipinski definition) is 7. The van der Waals surface area contributed by atoms with Crippen molar-refractivity contribution in [3.63, 3.8) is 0 Å². The molecule has 220 valence electrons. The Labute approximate surface area is 241 Å². The fraction of sp³-hybridized carbons (Fsp3) is 0.581. The topological polar surface area (TPSA) is 108 Å². The maximum atomic E-state index is 14.9. The normalized spacial score (nSPS) is 29.9. The molecule has 10 heteroatoms. The maximum absolute atomic E-state index is 14.9. The van der Waals surface area contributed by atoms with Crippen LogP contribution in [0, 0.1) is 24.6 Å². The maximum Gasteiger partial charge on any atom is 0.237 e. The molecular formula is C31H41FN6O3. The lowest BCUT2D eigenvalue weighted by molar-refractivity contribution is -0.130. The van der Waals surface area contributed by atoms with E-state index in [2.05, 4.69) is 38.6 Å². The standard InChI is InChI=1S/C31H41FN6O3/c1-18-14-19(12-13-33-18)29-23-15-20(6-10-26(23)36-37-29)30(39)35-22-9-11-27(31(40)34-21-7-8-21)38(16-22)17-24-25(32)4-3-5-28(24)41-2/h3-5,12-14,20-23,26-27,29,36-37H,6-11,15-17H2,1-2H3,(H,34,40)(H,35,39)/t20?,22-,23?,26?,27+,29?/m1/s1. The number of aromatic nitrogens is 1. The van der Waals surface area contributed by atoms with Crippen molar-refractivity contribution in [2.24, 2.45) is 11.8 Å². The number of halogens is 1. The summed E-state index contributed by atoms with van der Waals surface area (Å²) >= 11 is 0. The third-order valence-electron chi connectivity index (χ3n) is 9.32. The van der Waals surface area contributed by atoms with E-state index in [4.69, 9.17) is 4.74 Å². The molecule has 41 heavy (non-hydrogen) atoms. The average molecular weight is 565 g/mol. The molecule has 6 atom stereocenters. The number of nitrogens with zero attached hydrogens (tertiary/aromatic N) is 2. The number of benzene rings is 1. The Bertz CT molecular complexity index is 1270. The third-order valence-corrected chi connectivity index (χ3v) is 9.32. The summed E-state index contributed by atoms with van der Waals surface area (Å²) in [4.78, 5) is 33.1. The summed E-state index contributed by atoms with van der Waals surface area (Å²) < 4.78 is 20.3. The number of fused-ring (bicyclic) bond motifs is 1. The van der Waals surface area contributed by atoms with Gasteiger partial charge in [0.1, 0.15) is 11.6 Å². The molecule has 4 unspecified atom stereocenters. The van der Waals surface area contributed by atoms with E-state index in [-0.39, 0.29) is 54.3 Å². The minimum absolute atomic E-state index is 0.00970. The molecule has 0 radical (unpaired) electrons. The summed E-state index contributed by atoms with van der Waals surface area (Å²) in [6.07, 6.45) is 7.74. The monoisotopic (exact) mass is 564 g/mol. The smallest absolute Gasteiger partial charge is 0.237 e. The van der Waals surface area contributed by atoms with Crippen molar-refractivity contribution in [3.05, 3.63) is 59.2 Å². The molecule has 9 nitrogen and oxygen atoms in total.